The summed E-state index contributed by atoms with van der Waals surface area (Å²) in [5.74, 6) is 0.764. The average Bonchev–Trinajstić information content (AvgIpc) is 2.93. The number of aromatic amines is 1. The molecule has 2 N–H and O–H groups in total. The van der Waals surface area contributed by atoms with Gasteiger partial charge in [-0.2, -0.15) is 0 Å². The summed E-state index contributed by atoms with van der Waals surface area (Å²) in [5.41, 5.74) is -0.0500. The van der Waals surface area contributed by atoms with Gasteiger partial charge in [-0.25, -0.2) is 0 Å². The molecule has 0 spiro atoms. The fourth-order valence-electron chi connectivity index (χ4n) is 2.20. The van der Waals surface area contributed by atoms with Gasteiger partial charge >= 0.3 is 0 Å². The molecule has 3 aromatic rings. The Morgan fingerprint density at radius 3 is 2.75 bits per heavy atom. The lowest BCUT2D eigenvalue weighted by molar-refractivity contribution is 1.13. The molecular formula is C16H16N2OS. The van der Waals surface area contributed by atoms with E-state index in [1.165, 1.54) is 9.75 Å². The van der Waals surface area contributed by atoms with Crippen LogP contribution in [-0.4, -0.2) is 4.98 Å². The predicted octanol–water partition coefficient (Wildman–Crippen LogP) is 3.76. The van der Waals surface area contributed by atoms with Crippen LogP contribution in [0.2, 0.25) is 0 Å². The van der Waals surface area contributed by atoms with E-state index >= 15 is 0 Å². The number of hydrogen-bond donors (Lipinski definition) is 2. The lowest BCUT2D eigenvalue weighted by atomic mass is 10.2. The first-order valence-electron chi connectivity index (χ1n) is 6.70. The molecule has 0 aliphatic carbocycles. The molecule has 4 heteroatoms. The second-order valence-electron chi connectivity index (χ2n) is 4.67. The van der Waals surface area contributed by atoms with E-state index in [9.17, 15) is 4.79 Å². The number of rotatable bonds is 4. The number of H-pyrrole nitrogens is 1. The molecule has 2 heterocycles. The van der Waals surface area contributed by atoms with Crippen LogP contribution in [0.3, 0.4) is 0 Å². The lowest BCUT2D eigenvalue weighted by Crippen LogP contribution is -2.10. The zero-order valence-electron chi connectivity index (χ0n) is 11.3. The maximum absolute atomic E-state index is 12.0. The summed E-state index contributed by atoms with van der Waals surface area (Å²) >= 11 is 1.81. The fraction of sp³-hybridized carbons (Fsp3) is 0.188. The van der Waals surface area contributed by atoms with E-state index < -0.39 is 0 Å². The molecule has 20 heavy (non-hydrogen) atoms. The molecule has 0 saturated heterocycles. The van der Waals surface area contributed by atoms with E-state index in [2.05, 4.69) is 29.4 Å². The number of aryl methyl sites for hydroxylation is 1. The average molecular weight is 284 g/mol. The minimum absolute atomic E-state index is 0.0500. The van der Waals surface area contributed by atoms with Crippen LogP contribution in [0.1, 0.15) is 16.7 Å². The van der Waals surface area contributed by atoms with Crippen molar-refractivity contribution < 1.29 is 0 Å². The summed E-state index contributed by atoms with van der Waals surface area (Å²) in [5, 5.41) is 4.97. The zero-order valence-corrected chi connectivity index (χ0v) is 12.1. The molecule has 0 atom stereocenters. The monoisotopic (exact) mass is 284 g/mol. The van der Waals surface area contributed by atoms with Crippen molar-refractivity contribution in [3.05, 3.63) is 62.6 Å². The number of anilines is 1. The molecular weight excluding hydrogens is 268 g/mol. The largest absolute Gasteiger partial charge is 0.367 e. The van der Waals surface area contributed by atoms with Gasteiger partial charge in [-0.3, -0.25) is 4.79 Å². The molecule has 0 aliphatic heterocycles. The Hall–Kier alpha value is -2.07. The predicted molar refractivity (Wildman–Crippen MR) is 85.6 cm³/mol. The Balaban J connectivity index is 1.82. The van der Waals surface area contributed by atoms with Crippen LogP contribution in [0.15, 0.2) is 47.3 Å². The van der Waals surface area contributed by atoms with Crippen LogP contribution < -0.4 is 10.9 Å². The topological polar surface area (TPSA) is 44.9 Å². The Morgan fingerprint density at radius 1 is 1.15 bits per heavy atom. The first-order chi connectivity index (χ1) is 9.76. The summed E-state index contributed by atoms with van der Waals surface area (Å²) in [6.07, 6.45) is 1.07. The van der Waals surface area contributed by atoms with Gasteiger partial charge in [-0.1, -0.05) is 25.1 Å². The van der Waals surface area contributed by atoms with Gasteiger partial charge in [0.15, 0.2) is 0 Å². The van der Waals surface area contributed by atoms with E-state index in [4.69, 9.17) is 0 Å². The van der Waals surface area contributed by atoms with Crippen molar-refractivity contribution in [3.8, 4) is 0 Å². The van der Waals surface area contributed by atoms with E-state index in [0.29, 0.717) is 0 Å². The SMILES string of the molecule is CCc1ccc(CNc2cc3ccccc3c(=O)[nH]2)s1. The number of aromatic nitrogens is 1. The third-order valence-corrected chi connectivity index (χ3v) is 4.50. The van der Waals surface area contributed by atoms with Crippen LogP contribution in [0.25, 0.3) is 10.8 Å². The van der Waals surface area contributed by atoms with Gasteiger partial charge < -0.3 is 10.3 Å². The smallest absolute Gasteiger partial charge is 0.257 e. The van der Waals surface area contributed by atoms with E-state index in [1.807, 2.05) is 30.3 Å². The molecule has 102 valence electrons. The van der Waals surface area contributed by atoms with Crippen LogP contribution in [0.5, 0.6) is 0 Å². The van der Waals surface area contributed by atoms with Crippen molar-refractivity contribution in [2.45, 2.75) is 19.9 Å². The first kappa shape index (κ1) is 12.9. The van der Waals surface area contributed by atoms with Gasteiger partial charge in [-0.05, 0) is 36.1 Å². The van der Waals surface area contributed by atoms with E-state index in [0.717, 1.165) is 29.6 Å². The molecule has 0 aliphatic rings. The Bertz CT molecular complexity index is 788. The van der Waals surface area contributed by atoms with Gasteiger partial charge in [0.2, 0.25) is 0 Å². The van der Waals surface area contributed by atoms with Crippen LogP contribution in [0.4, 0.5) is 5.82 Å². The summed E-state index contributed by atoms with van der Waals surface area (Å²) in [6.45, 7) is 2.89. The zero-order chi connectivity index (χ0) is 13.9. The Morgan fingerprint density at radius 2 is 1.95 bits per heavy atom. The van der Waals surface area contributed by atoms with Crippen molar-refractivity contribution in [1.82, 2.24) is 4.98 Å². The van der Waals surface area contributed by atoms with Crippen LogP contribution in [0, 0.1) is 0 Å². The second kappa shape index (κ2) is 5.51. The molecule has 1 aromatic carbocycles. The second-order valence-corrected chi connectivity index (χ2v) is 5.93. The molecule has 0 unspecified atom stereocenters. The van der Waals surface area contributed by atoms with Gasteiger partial charge in [0.1, 0.15) is 5.82 Å². The van der Waals surface area contributed by atoms with Gasteiger partial charge in [0, 0.05) is 15.1 Å². The van der Waals surface area contributed by atoms with Crippen LogP contribution >= 0.6 is 11.3 Å². The highest BCUT2D eigenvalue weighted by molar-refractivity contribution is 7.12. The number of pyridine rings is 1. The molecule has 0 fully saturated rings. The Kier molecular flexibility index (Phi) is 3.56. The number of benzene rings is 1. The summed E-state index contributed by atoms with van der Waals surface area (Å²) in [6, 6.07) is 13.9. The van der Waals surface area contributed by atoms with Crippen molar-refractivity contribution in [1.29, 1.82) is 0 Å². The standard InChI is InChI=1S/C16H16N2OS/c1-2-12-7-8-13(20-12)10-17-15-9-11-5-3-4-6-14(11)16(19)18-15/h3-9H,2,10H2,1H3,(H2,17,18,19). The lowest BCUT2D eigenvalue weighted by Gasteiger charge is -2.06. The minimum Gasteiger partial charge on any atom is -0.367 e. The van der Waals surface area contributed by atoms with Gasteiger partial charge in [0.05, 0.1) is 6.54 Å². The highest BCUT2D eigenvalue weighted by Crippen LogP contribution is 2.19. The summed E-state index contributed by atoms with van der Waals surface area (Å²) in [7, 11) is 0. The highest BCUT2D eigenvalue weighted by atomic mass is 32.1. The maximum atomic E-state index is 12.0. The number of nitrogens with one attached hydrogen (secondary N) is 2. The van der Waals surface area contributed by atoms with Crippen molar-refractivity contribution in [2.24, 2.45) is 0 Å². The number of thiophene rings is 1. The van der Waals surface area contributed by atoms with Crippen molar-refractivity contribution >= 4 is 27.9 Å². The molecule has 0 saturated carbocycles. The van der Waals surface area contributed by atoms with Gasteiger partial charge in [0.25, 0.3) is 5.56 Å². The summed E-state index contributed by atoms with van der Waals surface area (Å²) in [4.78, 5) is 17.5. The van der Waals surface area contributed by atoms with Crippen molar-refractivity contribution in [3.63, 3.8) is 0 Å². The minimum atomic E-state index is -0.0500. The first-order valence-corrected chi connectivity index (χ1v) is 7.51. The molecule has 0 radical (unpaired) electrons. The fourth-order valence-corrected chi connectivity index (χ4v) is 3.09. The highest BCUT2D eigenvalue weighted by Gasteiger charge is 2.02. The van der Waals surface area contributed by atoms with Gasteiger partial charge in [-0.15, -0.1) is 11.3 Å². The number of fused-ring (bicyclic) bond motifs is 1. The third kappa shape index (κ3) is 2.60. The molecule has 2 aromatic heterocycles. The molecule has 3 rings (SSSR count). The van der Waals surface area contributed by atoms with E-state index in [1.54, 1.807) is 11.3 Å². The molecule has 0 bridgehead atoms. The quantitative estimate of drug-likeness (QED) is 0.766. The maximum Gasteiger partial charge on any atom is 0.257 e. The number of hydrogen-bond acceptors (Lipinski definition) is 3. The normalized spacial score (nSPS) is 10.8. The molecule has 3 nitrogen and oxygen atoms in total. The van der Waals surface area contributed by atoms with Crippen LogP contribution in [-0.2, 0) is 13.0 Å². The third-order valence-electron chi connectivity index (χ3n) is 3.27. The van der Waals surface area contributed by atoms with E-state index in [-0.39, 0.29) is 5.56 Å². The Labute approximate surface area is 121 Å². The van der Waals surface area contributed by atoms with Crippen molar-refractivity contribution in [2.75, 3.05) is 5.32 Å². The molecule has 0 amide bonds. The summed E-state index contributed by atoms with van der Waals surface area (Å²) < 4.78 is 0.